The van der Waals surface area contributed by atoms with Crippen LogP contribution in [0.5, 0.6) is 0 Å². The Bertz CT molecular complexity index is 624. The van der Waals surface area contributed by atoms with Gasteiger partial charge in [0.05, 0.1) is 5.60 Å². The third kappa shape index (κ3) is 3.27. The van der Waals surface area contributed by atoms with Crippen LogP contribution in [0.4, 0.5) is 4.79 Å². The Balaban J connectivity index is 1.53. The normalized spacial score (nSPS) is 46.9. The van der Waals surface area contributed by atoms with E-state index in [0.717, 1.165) is 25.7 Å². The fourth-order valence-corrected chi connectivity index (χ4v) is 5.46. The van der Waals surface area contributed by atoms with Crippen LogP contribution in [0.3, 0.4) is 0 Å². The van der Waals surface area contributed by atoms with Crippen molar-refractivity contribution >= 4 is 6.09 Å². The van der Waals surface area contributed by atoms with Crippen molar-refractivity contribution in [2.75, 3.05) is 6.61 Å². The van der Waals surface area contributed by atoms with Crippen LogP contribution in [-0.4, -0.2) is 35.0 Å². The minimum atomic E-state index is -1.23. The van der Waals surface area contributed by atoms with Gasteiger partial charge in [-0.05, 0) is 44.4 Å². The molecule has 2 saturated carbocycles. The number of hydrogen-bond donors (Lipinski definition) is 2. The van der Waals surface area contributed by atoms with Crippen molar-refractivity contribution in [1.82, 2.24) is 0 Å². The van der Waals surface area contributed by atoms with Gasteiger partial charge >= 0.3 is 6.09 Å². The maximum Gasteiger partial charge on any atom is 0.404 e. The molecule has 4 atom stereocenters. The van der Waals surface area contributed by atoms with E-state index in [-0.39, 0.29) is 18.4 Å². The van der Waals surface area contributed by atoms with Gasteiger partial charge in [0.2, 0.25) is 5.79 Å². The molecule has 152 valence electrons. The van der Waals surface area contributed by atoms with Gasteiger partial charge in [0, 0.05) is 23.8 Å². The van der Waals surface area contributed by atoms with Crippen molar-refractivity contribution in [1.29, 1.82) is 0 Å². The van der Waals surface area contributed by atoms with Gasteiger partial charge in [-0.15, -0.1) is 0 Å². The summed E-state index contributed by atoms with van der Waals surface area (Å²) in [5.74, 6) is -2.02. The molecule has 3 fully saturated rings. The summed E-state index contributed by atoms with van der Waals surface area (Å²) in [4.78, 5) is 34.6. The van der Waals surface area contributed by atoms with Crippen molar-refractivity contribution < 1.29 is 34.2 Å². The molecule has 3 aliphatic carbocycles. The van der Waals surface area contributed by atoms with E-state index in [0.29, 0.717) is 30.8 Å². The highest BCUT2D eigenvalue weighted by molar-refractivity contribution is 5.64. The topological polar surface area (TPSA) is 109 Å². The summed E-state index contributed by atoms with van der Waals surface area (Å²) >= 11 is 0. The van der Waals surface area contributed by atoms with Gasteiger partial charge in [-0.1, -0.05) is 19.9 Å². The number of aliphatic hydroxyl groups is 1. The van der Waals surface area contributed by atoms with Crippen LogP contribution in [0, 0.1) is 17.8 Å². The van der Waals surface area contributed by atoms with E-state index < -0.39 is 23.3 Å². The molecule has 4 rings (SSSR count). The first kappa shape index (κ1) is 19.1. The molecule has 0 aromatic rings. The molecule has 4 unspecified atom stereocenters. The molecule has 1 saturated heterocycles. The molecule has 0 aromatic carbocycles. The average molecular weight is 383 g/mol. The lowest BCUT2D eigenvalue weighted by atomic mass is 9.60. The summed E-state index contributed by atoms with van der Waals surface area (Å²) in [6.07, 6.45) is 6.07. The van der Waals surface area contributed by atoms with E-state index >= 15 is 0 Å². The number of nitrogens with two attached hydrogens (primary N) is 1. The molecule has 2 bridgehead atoms. The third-order valence-corrected chi connectivity index (χ3v) is 6.56. The van der Waals surface area contributed by atoms with Crippen LogP contribution >= 0.6 is 0 Å². The van der Waals surface area contributed by atoms with E-state index in [2.05, 4.69) is 6.92 Å². The highest BCUT2D eigenvalue weighted by Gasteiger charge is 2.63. The number of ether oxygens (including phenoxy) is 1. The zero-order chi connectivity index (χ0) is 19.3. The van der Waals surface area contributed by atoms with Crippen LogP contribution in [0.1, 0.15) is 58.8 Å². The van der Waals surface area contributed by atoms with Crippen molar-refractivity contribution in [2.24, 2.45) is 23.5 Å². The first-order valence-electron chi connectivity index (χ1n) is 9.85. The summed E-state index contributed by atoms with van der Waals surface area (Å²) in [6.45, 7) is 4.09. The number of amides is 1. The zero-order valence-corrected chi connectivity index (χ0v) is 15.9. The van der Waals surface area contributed by atoms with E-state index in [9.17, 15) is 9.90 Å². The van der Waals surface area contributed by atoms with Gasteiger partial charge in [-0.2, -0.15) is 19.6 Å². The summed E-state index contributed by atoms with van der Waals surface area (Å²) in [5, 5.41) is 10.9. The predicted molar refractivity (Wildman–Crippen MR) is 92.5 cm³/mol. The number of rotatable bonds is 2. The molecule has 2 spiro atoms. The summed E-state index contributed by atoms with van der Waals surface area (Å²) < 4.78 is 4.93. The monoisotopic (exact) mass is 383 g/mol. The molecular weight excluding hydrogens is 354 g/mol. The van der Waals surface area contributed by atoms with Crippen LogP contribution in [0.15, 0.2) is 11.6 Å². The lowest BCUT2D eigenvalue weighted by molar-refractivity contribution is -0.669. The zero-order valence-electron chi connectivity index (χ0n) is 15.9. The second-order valence-electron chi connectivity index (χ2n) is 8.81. The molecule has 1 amide bonds. The first-order chi connectivity index (χ1) is 12.8. The lowest BCUT2D eigenvalue weighted by Crippen LogP contribution is -2.64. The van der Waals surface area contributed by atoms with Gasteiger partial charge in [0.1, 0.15) is 6.61 Å². The van der Waals surface area contributed by atoms with E-state index in [4.69, 9.17) is 30.0 Å². The Morgan fingerprint density at radius 1 is 1.26 bits per heavy atom. The summed E-state index contributed by atoms with van der Waals surface area (Å²) in [5.41, 5.74) is 5.03. The number of allylic oxidation sites excluding steroid dienone is 1. The quantitative estimate of drug-likeness (QED) is 0.557. The Kier molecular flexibility index (Phi) is 4.75. The molecular formula is C19H29NO7. The minimum Gasteiger partial charge on any atom is -0.445 e. The van der Waals surface area contributed by atoms with Gasteiger partial charge in [-0.25, -0.2) is 4.79 Å². The SMILES string of the molecule is CC1CC2CC(O)(C1)CC(C)C21OOC2(CCCC=C2COC(N)=O)OO1. The van der Waals surface area contributed by atoms with Crippen molar-refractivity contribution in [3.63, 3.8) is 0 Å². The first-order valence-corrected chi connectivity index (χ1v) is 9.85. The molecule has 4 aliphatic rings. The fourth-order valence-electron chi connectivity index (χ4n) is 5.46. The Hall–Kier alpha value is -1.19. The maximum absolute atomic E-state index is 11.0. The number of carbonyl (C=O) groups excluding carboxylic acids is 1. The molecule has 0 aromatic heterocycles. The molecule has 1 aliphatic heterocycles. The summed E-state index contributed by atoms with van der Waals surface area (Å²) in [7, 11) is 0. The average Bonchev–Trinajstić information content (AvgIpc) is 2.59. The van der Waals surface area contributed by atoms with Crippen LogP contribution in [0.2, 0.25) is 0 Å². The second kappa shape index (κ2) is 6.70. The van der Waals surface area contributed by atoms with Crippen molar-refractivity contribution in [3.05, 3.63) is 11.6 Å². The van der Waals surface area contributed by atoms with Crippen molar-refractivity contribution in [3.8, 4) is 0 Å². The number of carbonyl (C=O) groups is 1. The van der Waals surface area contributed by atoms with E-state index in [1.807, 2.05) is 13.0 Å². The largest absolute Gasteiger partial charge is 0.445 e. The van der Waals surface area contributed by atoms with E-state index in [1.165, 1.54) is 0 Å². The van der Waals surface area contributed by atoms with Gasteiger partial charge in [0.15, 0.2) is 0 Å². The molecule has 0 radical (unpaired) electrons. The number of hydrogen-bond acceptors (Lipinski definition) is 7. The molecule has 8 nitrogen and oxygen atoms in total. The van der Waals surface area contributed by atoms with Crippen LogP contribution in [0.25, 0.3) is 0 Å². The van der Waals surface area contributed by atoms with Gasteiger partial charge in [0.25, 0.3) is 5.79 Å². The van der Waals surface area contributed by atoms with Crippen molar-refractivity contribution in [2.45, 2.75) is 76.0 Å². The predicted octanol–water partition coefficient (Wildman–Crippen LogP) is 2.70. The molecule has 27 heavy (non-hydrogen) atoms. The van der Waals surface area contributed by atoms with Crippen LogP contribution < -0.4 is 5.73 Å². The number of fused-ring (bicyclic) bond motifs is 3. The molecule has 1 heterocycles. The third-order valence-electron chi connectivity index (χ3n) is 6.56. The molecule has 8 heteroatoms. The van der Waals surface area contributed by atoms with E-state index in [1.54, 1.807) is 0 Å². The van der Waals surface area contributed by atoms with Crippen LogP contribution in [-0.2, 0) is 24.3 Å². The molecule has 3 N–H and O–H groups in total. The van der Waals surface area contributed by atoms with Gasteiger partial charge in [-0.3, -0.25) is 0 Å². The lowest BCUT2D eigenvalue weighted by Gasteiger charge is -2.57. The summed E-state index contributed by atoms with van der Waals surface area (Å²) in [6, 6.07) is 0. The standard InChI is InChI=1S/C19H29NO7/c1-12-7-15-10-17(22,8-12)9-13(2)19(15)26-24-18(25-27-19)6-4-3-5-14(18)11-23-16(20)21/h5,12-13,15,22H,3-4,6-11H2,1-2H3,(H2,20,21). The minimum absolute atomic E-state index is 0.0229. The Morgan fingerprint density at radius 2 is 2.00 bits per heavy atom. The fraction of sp³-hybridized carbons (Fsp3) is 0.842. The Morgan fingerprint density at radius 3 is 2.70 bits per heavy atom. The smallest absolute Gasteiger partial charge is 0.404 e. The second-order valence-corrected chi connectivity index (χ2v) is 8.81. The maximum atomic E-state index is 11.0. The highest BCUT2D eigenvalue weighted by Crippen LogP contribution is 2.56. The Labute approximate surface area is 158 Å². The van der Waals surface area contributed by atoms with Gasteiger partial charge < -0.3 is 15.6 Å². The number of primary amides is 1. The highest BCUT2D eigenvalue weighted by atomic mass is 17.4.